The van der Waals surface area contributed by atoms with Crippen molar-refractivity contribution in [2.24, 2.45) is 0 Å². The molecule has 2 aromatic rings. The number of carbonyl (C=O) groups is 1. The molecule has 0 aliphatic carbocycles. The van der Waals surface area contributed by atoms with Crippen LogP contribution in [0.1, 0.15) is 24.2 Å². The SMILES string of the molecule is CCS(=O)(=O)Nc1ccc(Nc2cccc(C(C)=O)c2)nc1. The molecular weight excluding hydrogens is 302 g/mol. The molecule has 0 fully saturated rings. The summed E-state index contributed by atoms with van der Waals surface area (Å²) in [7, 11) is -3.31. The van der Waals surface area contributed by atoms with Crippen LogP contribution in [0.5, 0.6) is 0 Å². The maximum atomic E-state index is 11.5. The molecule has 0 amide bonds. The van der Waals surface area contributed by atoms with Gasteiger partial charge in [-0.15, -0.1) is 0 Å². The molecule has 0 unspecified atom stereocenters. The summed E-state index contributed by atoms with van der Waals surface area (Å²) in [5, 5.41) is 3.06. The number of rotatable bonds is 6. The van der Waals surface area contributed by atoms with Crippen LogP contribution in [0.25, 0.3) is 0 Å². The van der Waals surface area contributed by atoms with Crippen molar-refractivity contribution in [3.8, 4) is 0 Å². The Bertz CT molecular complexity index is 771. The minimum Gasteiger partial charge on any atom is -0.340 e. The van der Waals surface area contributed by atoms with Gasteiger partial charge in [0.25, 0.3) is 0 Å². The van der Waals surface area contributed by atoms with Crippen LogP contribution in [0, 0.1) is 0 Å². The fraction of sp³-hybridized carbons (Fsp3) is 0.200. The van der Waals surface area contributed by atoms with Crippen molar-refractivity contribution in [2.45, 2.75) is 13.8 Å². The quantitative estimate of drug-likeness (QED) is 0.799. The van der Waals surface area contributed by atoms with E-state index in [0.29, 0.717) is 17.1 Å². The van der Waals surface area contributed by atoms with Crippen LogP contribution in [0.3, 0.4) is 0 Å². The highest BCUT2D eigenvalue weighted by Gasteiger charge is 2.07. The third-order valence-corrected chi connectivity index (χ3v) is 4.27. The molecule has 0 bridgehead atoms. The molecule has 0 saturated carbocycles. The molecule has 2 N–H and O–H groups in total. The van der Waals surface area contributed by atoms with Crippen LogP contribution in [-0.4, -0.2) is 24.9 Å². The van der Waals surface area contributed by atoms with E-state index in [-0.39, 0.29) is 11.5 Å². The first kappa shape index (κ1) is 16.0. The monoisotopic (exact) mass is 319 g/mol. The molecule has 0 spiro atoms. The van der Waals surface area contributed by atoms with Gasteiger partial charge in [0, 0.05) is 11.3 Å². The molecular formula is C15H17N3O3S. The van der Waals surface area contributed by atoms with Crippen molar-refractivity contribution in [1.29, 1.82) is 0 Å². The van der Waals surface area contributed by atoms with Gasteiger partial charge in [0.1, 0.15) is 5.82 Å². The van der Waals surface area contributed by atoms with Gasteiger partial charge in [-0.2, -0.15) is 0 Å². The number of hydrogen-bond donors (Lipinski definition) is 2. The van der Waals surface area contributed by atoms with Gasteiger partial charge in [0.2, 0.25) is 10.0 Å². The Balaban J connectivity index is 2.11. The largest absolute Gasteiger partial charge is 0.340 e. The third-order valence-electron chi connectivity index (χ3n) is 2.96. The summed E-state index contributed by atoms with van der Waals surface area (Å²) >= 11 is 0. The Labute approximate surface area is 129 Å². The predicted octanol–water partition coefficient (Wildman–Crippen LogP) is 2.79. The lowest BCUT2D eigenvalue weighted by Gasteiger charge is -2.09. The fourth-order valence-electron chi connectivity index (χ4n) is 1.74. The third kappa shape index (κ3) is 4.29. The molecule has 1 aromatic heterocycles. The van der Waals surface area contributed by atoms with Crippen LogP contribution in [-0.2, 0) is 10.0 Å². The maximum absolute atomic E-state index is 11.5. The topological polar surface area (TPSA) is 88.2 Å². The maximum Gasteiger partial charge on any atom is 0.232 e. The summed E-state index contributed by atoms with van der Waals surface area (Å²) in [6.07, 6.45) is 1.43. The Kier molecular flexibility index (Phi) is 4.77. The Hall–Kier alpha value is -2.41. The first-order valence-corrected chi connectivity index (χ1v) is 8.39. The number of nitrogens with one attached hydrogen (secondary N) is 2. The van der Waals surface area contributed by atoms with Crippen molar-refractivity contribution < 1.29 is 13.2 Å². The van der Waals surface area contributed by atoms with Gasteiger partial charge in [-0.05, 0) is 38.1 Å². The summed E-state index contributed by atoms with van der Waals surface area (Å²) in [6, 6.07) is 10.4. The zero-order chi connectivity index (χ0) is 16.2. The number of ketones is 1. The van der Waals surface area contributed by atoms with Gasteiger partial charge >= 0.3 is 0 Å². The zero-order valence-corrected chi connectivity index (χ0v) is 13.1. The number of anilines is 3. The lowest BCUT2D eigenvalue weighted by Crippen LogP contribution is -2.14. The van der Waals surface area contributed by atoms with Crippen LogP contribution in [0.2, 0.25) is 0 Å². The Morgan fingerprint density at radius 2 is 1.95 bits per heavy atom. The van der Waals surface area contributed by atoms with E-state index in [1.165, 1.54) is 13.1 Å². The van der Waals surface area contributed by atoms with E-state index in [0.717, 1.165) is 5.69 Å². The van der Waals surface area contributed by atoms with E-state index < -0.39 is 10.0 Å². The average molecular weight is 319 g/mol. The number of nitrogens with zero attached hydrogens (tertiary/aromatic N) is 1. The van der Waals surface area contributed by atoms with E-state index in [4.69, 9.17) is 0 Å². The smallest absolute Gasteiger partial charge is 0.232 e. The van der Waals surface area contributed by atoms with E-state index in [9.17, 15) is 13.2 Å². The van der Waals surface area contributed by atoms with Crippen molar-refractivity contribution >= 4 is 33.0 Å². The van der Waals surface area contributed by atoms with E-state index in [2.05, 4.69) is 15.0 Å². The number of carbonyl (C=O) groups excluding carboxylic acids is 1. The first-order chi connectivity index (χ1) is 10.4. The number of pyridine rings is 1. The minimum atomic E-state index is -3.31. The number of sulfonamides is 1. The molecule has 6 nitrogen and oxygen atoms in total. The summed E-state index contributed by atoms with van der Waals surface area (Å²) in [4.78, 5) is 15.5. The van der Waals surface area contributed by atoms with Gasteiger partial charge < -0.3 is 5.32 Å². The van der Waals surface area contributed by atoms with Gasteiger partial charge in [0.15, 0.2) is 5.78 Å². The molecule has 7 heteroatoms. The lowest BCUT2D eigenvalue weighted by molar-refractivity contribution is 0.101. The first-order valence-electron chi connectivity index (χ1n) is 6.74. The minimum absolute atomic E-state index is 0.00480. The molecule has 116 valence electrons. The van der Waals surface area contributed by atoms with Crippen LogP contribution >= 0.6 is 0 Å². The number of hydrogen-bond acceptors (Lipinski definition) is 5. The van der Waals surface area contributed by atoms with Gasteiger partial charge in [-0.25, -0.2) is 13.4 Å². The summed E-state index contributed by atoms with van der Waals surface area (Å²) in [6.45, 7) is 3.07. The average Bonchev–Trinajstić information content (AvgIpc) is 2.49. The molecule has 0 saturated heterocycles. The summed E-state index contributed by atoms with van der Waals surface area (Å²) < 4.78 is 25.3. The standard InChI is InChI=1S/C15H17N3O3S/c1-3-22(20,21)18-14-7-8-15(16-10-14)17-13-6-4-5-12(9-13)11(2)19/h4-10,18H,3H2,1-2H3,(H,16,17). The molecule has 22 heavy (non-hydrogen) atoms. The van der Waals surface area contributed by atoms with Crippen molar-refractivity contribution in [2.75, 3.05) is 15.8 Å². The number of aromatic nitrogens is 1. The molecule has 0 atom stereocenters. The van der Waals surface area contributed by atoms with Crippen LogP contribution in [0.4, 0.5) is 17.2 Å². The van der Waals surface area contributed by atoms with E-state index in [1.807, 2.05) is 6.07 Å². The fourth-order valence-corrected chi connectivity index (χ4v) is 2.37. The van der Waals surface area contributed by atoms with Crippen LogP contribution in [0.15, 0.2) is 42.6 Å². The number of Topliss-reactive ketones (excluding diaryl/α,β-unsaturated/α-hetero) is 1. The molecule has 1 aromatic carbocycles. The molecule has 1 heterocycles. The van der Waals surface area contributed by atoms with E-state index in [1.54, 1.807) is 37.3 Å². The Morgan fingerprint density at radius 3 is 2.55 bits per heavy atom. The molecule has 0 aliphatic rings. The van der Waals surface area contributed by atoms with Gasteiger partial charge in [-0.3, -0.25) is 9.52 Å². The lowest BCUT2D eigenvalue weighted by atomic mass is 10.1. The van der Waals surface area contributed by atoms with Crippen molar-refractivity contribution in [3.63, 3.8) is 0 Å². The highest BCUT2D eigenvalue weighted by molar-refractivity contribution is 7.92. The van der Waals surface area contributed by atoms with Crippen molar-refractivity contribution in [3.05, 3.63) is 48.2 Å². The molecule has 0 aliphatic heterocycles. The summed E-state index contributed by atoms with van der Waals surface area (Å²) in [5.74, 6) is 0.547. The summed E-state index contributed by atoms with van der Waals surface area (Å²) in [5.41, 5.74) is 1.75. The second kappa shape index (κ2) is 6.57. The zero-order valence-electron chi connectivity index (χ0n) is 12.3. The second-order valence-corrected chi connectivity index (χ2v) is 6.71. The van der Waals surface area contributed by atoms with Gasteiger partial charge in [-0.1, -0.05) is 12.1 Å². The van der Waals surface area contributed by atoms with Crippen LogP contribution < -0.4 is 10.0 Å². The van der Waals surface area contributed by atoms with Gasteiger partial charge in [0.05, 0.1) is 17.6 Å². The highest BCUT2D eigenvalue weighted by Crippen LogP contribution is 2.18. The molecule has 2 rings (SSSR count). The normalized spacial score (nSPS) is 11.0. The molecule has 0 radical (unpaired) electrons. The number of benzene rings is 1. The second-order valence-electron chi connectivity index (χ2n) is 4.70. The van der Waals surface area contributed by atoms with Crippen molar-refractivity contribution in [1.82, 2.24) is 4.98 Å². The Morgan fingerprint density at radius 1 is 1.18 bits per heavy atom. The van der Waals surface area contributed by atoms with E-state index >= 15 is 0 Å². The predicted molar refractivity (Wildman–Crippen MR) is 87.0 cm³/mol. The highest BCUT2D eigenvalue weighted by atomic mass is 32.2.